The zero-order valence-electron chi connectivity index (χ0n) is 12.4. The van der Waals surface area contributed by atoms with Crippen molar-refractivity contribution in [2.45, 2.75) is 19.9 Å². The number of aromatic nitrogens is 1. The Bertz CT molecular complexity index is 412. The molecule has 0 bridgehead atoms. The van der Waals surface area contributed by atoms with Gasteiger partial charge in [-0.05, 0) is 24.6 Å². The number of methoxy groups -OCH3 is 1. The van der Waals surface area contributed by atoms with Crippen LogP contribution in [-0.2, 0) is 11.3 Å². The van der Waals surface area contributed by atoms with E-state index in [9.17, 15) is 0 Å². The third kappa shape index (κ3) is 5.49. The molecule has 0 aromatic carbocycles. The molecule has 0 aliphatic carbocycles. The van der Waals surface area contributed by atoms with Crippen LogP contribution in [0.2, 0.25) is 5.02 Å². The summed E-state index contributed by atoms with van der Waals surface area (Å²) in [7, 11) is 1.70. The maximum atomic E-state index is 6.20. The van der Waals surface area contributed by atoms with Crippen molar-refractivity contribution in [3.05, 3.63) is 35.5 Å². The minimum Gasteiger partial charge on any atom is -0.383 e. The molecule has 0 radical (unpaired) electrons. The van der Waals surface area contributed by atoms with Crippen LogP contribution >= 0.6 is 11.6 Å². The summed E-state index contributed by atoms with van der Waals surface area (Å²) in [5.74, 6) is 0.902. The summed E-state index contributed by atoms with van der Waals surface area (Å²) in [6.07, 6.45) is 4.68. The van der Waals surface area contributed by atoms with E-state index >= 15 is 0 Å². The van der Waals surface area contributed by atoms with E-state index in [1.807, 2.05) is 12.1 Å². The van der Waals surface area contributed by atoms with Crippen LogP contribution in [0.4, 0.5) is 5.82 Å². The summed E-state index contributed by atoms with van der Waals surface area (Å²) < 4.78 is 5.13. The van der Waals surface area contributed by atoms with Crippen molar-refractivity contribution < 1.29 is 4.74 Å². The number of nitrogens with one attached hydrogen (secondary N) is 1. The minimum absolute atomic E-state index is 0.654. The van der Waals surface area contributed by atoms with Gasteiger partial charge in [-0.15, -0.1) is 6.58 Å². The molecule has 112 valence electrons. The van der Waals surface area contributed by atoms with Crippen molar-refractivity contribution in [1.82, 2.24) is 10.3 Å². The maximum absolute atomic E-state index is 6.20. The molecule has 1 rings (SSSR count). The number of halogens is 1. The van der Waals surface area contributed by atoms with E-state index in [2.05, 4.69) is 28.7 Å². The van der Waals surface area contributed by atoms with E-state index in [1.54, 1.807) is 13.3 Å². The van der Waals surface area contributed by atoms with Crippen LogP contribution in [0.1, 0.15) is 18.9 Å². The lowest BCUT2D eigenvalue weighted by molar-refractivity contribution is 0.205. The summed E-state index contributed by atoms with van der Waals surface area (Å²) in [6.45, 7) is 9.83. The van der Waals surface area contributed by atoms with Crippen molar-refractivity contribution in [1.29, 1.82) is 0 Å². The molecule has 0 aliphatic heterocycles. The van der Waals surface area contributed by atoms with Crippen LogP contribution in [0.3, 0.4) is 0 Å². The van der Waals surface area contributed by atoms with Gasteiger partial charge in [-0.25, -0.2) is 4.98 Å². The summed E-state index contributed by atoms with van der Waals surface area (Å²) in [6, 6.07) is 2.03. The van der Waals surface area contributed by atoms with Gasteiger partial charge in [0.05, 0.1) is 11.6 Å². The molecule has 20 heavy (non-hydrogen) atoms. The normalized spacial score (nSPS) is 10.6. The van der Waals surface area contributed by atoms with Crippen LogP contribution in [0, 0.1) is 0 Å². The Morgan fingerprint density at radius 1 is 1.55 bits per heavy atom. The number of pyridine rings is 1. The summed E-state index contributed by atoms with van der Waals surface area (Å²) in [5, 5.41) is 4.05. The quantitative estimate of drug-likeness (QED) is 0.532. The Morgan fingerprint density at radius 2 is 2.35 bits per heavy atom. The van der Waals surface area contributed by atoms with Crippen molar-refractivity contribution >= 4 is 17.4 Å². The molecule has 0 fully saturated rings. The van der Waals surface area contributed by atoms with Gasteiger partial charge < -0.3 is 15.0 Å². The topological polar surface area (TPSA) is 37.4 Å². The average molecular weight is 298 g/mol. The van der Waals surface area contributed by atoms with Gasteiger partial charge in [0.15, 0.2) is 0 Å². The zero-order valence-corrected chi connectivity index (χ0v) is 13.1. The van der Waals surface area contributed by atoms with Gasteiger partial charge in [0, 0.05) is 32.9 Å². The second kappa shape index (κ2) is 9.75. The van der Waals surface area contributed by atoms with E-state index in [4.69, 9.17) is 16.3 Å². The monoisotopic (exact) mass is 297 g/mol. The highest BCUT2D eigenvalue weighted by Gasteiger charge is 2.09. The van der Waals surface area contributed by atoms with Crippen molar-refractivity contribution in [2.24, 2.45) is 0 Å². The summed E-state index contributed by atoms with van der Waals surface area (Å²) in [4.78, 5) is 6.52. The minimum atomic E-state index is 0.654. The van der Waals surface area contributed by atoms with Gasteiger partial charge in [0.2, 0.25) is 0 Å². The smallest absolute Gasteiger partial charge is 0.129 e. The fraction of sp³-hybridized carbons (Fsp3) is 0.533. The first-order chi connectivity index (χ1) is 9.72. The Kier molecular flexibility index (Phi) is 8.26. The van der Waals surface area contributed by atoms with Gasteiger partial charge >= 0.3 is 0 Å². The number of nitrogens with zero attached hydrogens (tertiary/aromatic N) is 2. The molecule has 0 unspecified atom stereocenters. The molecule has 0 saturated heterocycles. The molecule has 0 saturated carbocycles. The van der Waals surface area contributed by atoms with Gasteiger partial charge in [-0.3, -0.25) is 0 Å². The van der Waals surface area contributed by atoms with Crippen LogP contribution in [0.15, 0.2) is 24.9 Å². The van der Waals surface area contributed by atoms with Crippen LogP contribution in [-0.4, -0.2) is 38.3 Å². The van der Waals surface area contributed by atoms with Crippen molar-refractivity contribution in [3.8, 4) is 0 Å². The van der Waals surface area contributed by atoms with E-state index in [0.29, 0.717) is 11.6 Å². The molecule has 4 nitrogen and oxygen atoms in total. The van der Waals surface area contributed by atoms with E-state index < -0.39 is 0 Å². The van der Waals surface area contributed by atoms with E-state index in [-0.39, 0.29) is 0 Å². The number of ether oxygens (including phenoxy) is 1. The van der Waals surface area contributed by atoms with Crippen LogP contribution in [0.5, 0.6) is 0 Å². The standard InChI is InChI=1S/C15H24ClN3O/c1-4-6-17-11-13-10-15(18-12-14(13)16)19(7-5-2)8-9-20-3/h5,10,12,17H,2,4,6-9,11H2,1,3H3. The number of rotatable bonds is 10. The Hall–Kier alpha value is -1.10. The second-order valence-electron chi connectivity index (χ2n) is 4.54. The Morgan fingerprint density at radius 3 is 3.00 bits per heavy atom. The molecule has 1 aromatic rings. The highest BCUT2D eigenvalue weighted by molar-refractivity contribution is 6.31. The molecule has 0 aliphatic rings. The van der Waals surface area contributed by atoms with Gasteiger partial charge in [0.25, 0.3) is 0 Å². The molecular formula is C15H24ClN3O. The molecule has 0 amide bonds. The molecule has 0 atom stereocenters. The van der Waals surface area contributed by atoms with E-state index in [0.717, 1.165) is 44.0 Å². The highest BCUT2D eigenvalue weighted by atomic mass is 35.5. The lowest BCUT2D eigenvalue weighted by Gasteiger charge is -2.22. The lowest BCUT2D eigenvalue weighted by Crippen LogP contribution is -2.28. The van der Waals surface area contributed by atoms with Gasteiger partial charge in [0.1, 0.15) is 5.82 Å². The third-order valence-corrected chi connectivity index (χ3v) is 3.24. The molecule has 1 aromatic heterocycles. The first kappa shape index (κ1) is 17.0. The SMILES string of the molecule is C=CCN(CCOC)c1cc(CNCCC)c(Cl)cn1. The fourth-order valence-electron chi connectivity index (χ4n) is 1.83. The number of hydrogen-bond donors (Lipinski definition) is 1. The molecular weight excluding hydrogens is 274 g/mol. The molecule has 1 N–H and O–H groups in total. The summed E-state index contributed by atoms with van der Waals surface area (Å²) >= 11 is 6.20. The first-order valence-corrected chi connectivity index (χ1v) is 7.30. The maximum Gasteiger partial charge on any atom is 0.129 e. The predicted molar refractivity (Wildman–Crippen MR) is 85.5 cm³/mol. The zero-order chi connectivity index (χ0) is 14.8. The molecule has 5 heteroatoms. The Labute approximate surface area is 126 Å². The predicted octanol–water partition coefficient (Wildman–Crippen LogP) is 2.87. The summed E-state index contributed by atoms with van der Waals surface area (Å²) in [5.41, 5.74) is 1.07. The molecule has 0 spiro atoms. The van der Waals surface area contributed by atoms with Crippen molar-refractivity contribution in [3.63, 3.8) is 0 Å². The average Bonchev–Trinajstić information content (AvgIpc) is 2.46. The lowest BCUT2D eigenvalue weighted by atomic mass is 10.2. The van der Waals surface area contributed by atoms with Crippen LogP contribution in [0.25, 0.3) is 0 Å². The molecule has 1 heterocycles. The van der Waals surface area contributed by atoms with Crippen molar-refractivity contribution in [2.75, 3.05) is 38.3 Å². The fourth-order valence-corrected chi connectivity index (χ4v) is 2.00. The number of anilines is 1. The van der Waals surface area contributed by atoms with Gasteiger partial charge in [-0.1, -0.05) is 24.6 Å². The highest BCUT2D eigenvalue weighted by Crippen LogP contribution is 2.20. The van der Waals surface area contributed by atoms with Crippen LogP contribution < -0.4 is 10.2 Å². The number of hydrogen-bond acceptors (Lipinski definition) is 4. The first-order valence-electron chi connectivity index (χ1n) is 6.92. The van der Waals surface area contributed by atoms with Gasteiger partial charge in [-0.2, -0.15) is 0 Å². The largest absolute Gasteiger partial charge is 0.383 e. The van der Waals surface area contributed by atoms with E-state index in [1.165, 1.54) is 0 Å². The third-order valence-electron chi connectivity index (χ3n) is 2.90. The second-order valence-corrected chi connectivity index (χ2v) is 4.95. The Balaban J connectivity index is 2.80.